The summed E-state index contributed by atoms with van der Waals surface area (Å²) < 4.78 is 25.0. The van der Waals surface area contributed by atoms with E-state index in [1.807, 2.05) is 6.92 Å². The first-order valence-corrected chi connectivity index (χ1v) is 7.45. The Morgan fingerprint density at radius 2 is 1.94 bits per heavy atom. The lowest BCUT2D eigenvalue weighted by Gasteiger charge is -2.15. The van der Waals surface area contributed by atoms with Gasteiger partial charge in [-0.1, -0.05) is 6.92 Å². The van der Waals surface area contributed by atoms with Crippen molar-refractivity contribution in [3.05, 3.63) is 0 Å². The highest BCUT2D eigenvalue weighted by atomic mass is 32.2. The Hall–Kier alpha value is -0.620. The molecule has 1 fully saturated rings. The molecule has 1 aliphatic rings. The van der Waals surface area contributed by atoms with E-state index in [-0.39, 0.29) is 24.6 Å². The third-order valence-corrected chi connectivity index (χ3v) is 4.18. The number of likely N-dealkylation sites (tertiary alicyclic amines) is 1. The molecule has 0 saturated carbocycles. The molecular formula is C10H20N2O3S. The van der Waals surface area contributed by atoms with Gasteiger partial charge in [-0.25, -0.2) is 13.1 Å². The Morgan fingerprint density at radius 3 is 2.50 bits per heavy atom. The Labute approximate surface area is 97.2 Å². The SMILES string of the molecule is CCCS(=O)(=O)NCCC(=O)N1CCCC1. The second kappa shape index (κ2) is 6.20. The zero-order valence-electron chi connectivity index (χ0n) is 9.74. The van der Waals surface area contributed by atoms with Gasteiger partial charge in [0.15, 0.2) is 0 Å². The highest BCUT2D eigenvalue weighted by Gasteiger charge is 2.18. The summed E-state index contributed by atoms with van der Waals surface area (Å²) in [6.07, 6.45) is 2.99. The van der Waals surface area contributed by atoms with Crippen LogP contribution in [0.1, 0.15) is 32.6 Å². The Balaban J connectivity index is 2.22. The van der Waals surface area contributed by atoms with Gasteiger partial charge in [-0.2, -0.15) is 0 Å². The van der Waals surface area contributed by atoms with Crippen LogP contribution in [0.25, 0.3) is 0 Å². The van der Waals surface area contributed by atoms with E-state index >= 15 is 0 Å². The molecule has 0 spiro atoms. The van der Waals surface area contributed by atoms with Crippen LogP contribution in [0, 0.1) is 0 Å². The number of amides is 1. The maximum absolute atomic E-state index is 11.6. The molecular weight excluding hydrogens is 228 g/mol. The van der Waals surface area contributed by atoms with E-state index in [2.05, 4.69) is 4.72 Å². The van der Waals surface area contributed by atoms with E-state index in [0.717, 1.165) is 25.9 Å². The fourth-order valence-electron chi connectivity index (χ4n) is 1.78. The zero-order valence-corrected chi connectivity index (χ0v) is 10.6. The molecule has 1 N–H and O–H groups in total. The monoisotopic (exact) mass is 248 g/mol. The molecule has 5 nitrogen and oxygen atoms in total. The third kappa shape index (κ3) is 4.49. The van der Waals surface area contributed by atoms with Gasteiger partial charge in [-0.3, -0.25) is 4.79 Å². The zero-order chi connectivity index (χ0) is 12.0. The molecule has 0 unspecified atom stereocenters. The first-order valence-electron chi connectivity index (χ1n) is 5.80. The van der Waals surface area contributed by atoms with Crippen LogP contribution in [-0.2, 0) is 14.8 Å². The first-order chi connectivity index (χ1) is 7.55. The predicted octanol–water partition coefficient (Wildman–Crippen LogP) is 0.328. The van der Waals surface area contributed by atoms with Crippen LogP contribution in [0.3, 0.4) is 0 Å². The maximum atomic E-state index is 11.6. The van der Waals surface area contributed by atoms with Gasteiger partial charge in [0, 0.05) is 26.1 Å². The van der Waals surface area contributed by atoms with Crippen LogP contribution in [0.15, 0.2) is 0 Å². The van der Waals surface area contributed by atoms with Crippen LogP contribution in [0.2, 0.25) is 0 Å². The van der Waals surface area contributed by atoms with E-state index in [1.165, 1.54) is 0 Å². The van der Waals surface area contributed by atoms with Crippen molar-refractivity contribution in [3.63, 3.8) is 0 Å². The number of hydrogen-bond acceptors (Lipinski definition) is 3. The highest BCUT2D eigenvalue weighted by molar-refractivity contribution is 7.89. The molecule has 0 aromatic heterocycles. The molecule has 1 amide bonds. The van der Waals surface area contributed by atoms with Gasteiger partial charge in [0.05, 0.1) is 5.75 Å². The molecule has 0 aromatic carbocycles. The molecule has 0 aromatic rings. The molecule has 0 atom stereocenters. The maximum Gasteiger partial charge on any atom is 0.223 e. The lowest BCUT2D eigenvalue weighted by atomic mass is 10.4. The average Bonchev–Trinajstić information content (AvgIpc) is 2.69. The second-order valence-corrected chi connectivity index (χ2v) is 5.98. The summed E-state index contributed by atoms with van der Waals surface area (Å²) in [5.74, 6) is 0.182. The number of carbonyl (C=O) groups is 1. The van der Waals surface area contributed by atoms with Gasteiger partial charge in [0.25, 0.3) is 0 Å². The smallest absolute Gasteiger partial charge is 0.223 e. The molecule has 0 bridgehead atoms. The van der Waals surface area contributed by atoms with Crippen molar-refractivity contribution in [1.29, 1.82) is 0 Å². The number of sulfonamides is 1. The van der Waals surface area contributed by atoms with Gasteiger partial charge < -0.3 is 4.90 Å². The van der Waals surface area contributed by atoms with E-state index in [4.69, 9.17) is 0 Å². The summed E-state index contributed by atoms with van der Waals surface area (Å²) in [4.78, 5) is 13.4. The summed E-state index contributed by atoms with van der Waals surface area (Å²) in [5.41, 5.74) is 0. The summed E-state index contributed by atoms with van der Waals surface area (Å²) in [6.45, 7) is 3.67. The Bertz CT molecular complexity index is 321. The van der Waals surface area contributed by atoms with Crippen molar-refractivity contribution in [2.75, 3.05) is 25.4 Å². The fourth-order valence-corrected chi connectivity index (χ4v) is 2.87. The van der Waals surface area contributed by atoms with Crippen LogP contribution < -0.4 is 4.72 Å². The Morgan fingerprint density at radius 1 is 1.31 bits per heavy atom. The second-order valence-electron chi connectivity index (χ2n) is 4.05. The molecule has 1 rings (SSSR count). The topological polar surface area (TPSA) is 66.5 Å². The van der Waals surface area contributed by atoms with Crippen molar-refractivity contribution >= 4 is 15.9 Å². The largest absolute Gasteiger partial charge is 0.343 e. The number of nitrogens with zero attached hydrogens (tertiary/aromatic N) is 1. The Kier molecular flexibility index (Phi) is 5.21. The first kappa shape index (κ1) is 13.4. The molecule has 0 radical (unpaired) electrons. The normalized spacial score (nSPS) is 16.7. The van der Waals surface area contributed by atoms with Crippen molar-refractivity contribution < 1.29 is 13.2 Å². The van der Waals surface area contributed by atoms with Crippen LogP contribution in [0.4, 0.5) is 0 Å². The number of hydrogen-bond donors (Lipinski definition) is 1. The minimum absolute atomic E-state index is 0.0525. The van der Waals surface area contributed by atoms with Crippen molar-refractivity contribution in [3.8, 4) is 0 Å². The molecule has 16 heavy (non-hydrogen) atoms. The lowest BCUT2D eigenvalue weighted by Crippen LogP contribution is -2.33. The van der Waals surface area contributed by atoms with E-state index in [9.17, 15) is 13.2 Å². The van der Waals surface area contributed by atoms with Gasteiger partial charge in [-0.15, -0.1) is 0 Å². The van der Waals surface area contributed by atoms with Crippen LogP contribution >= 0.6 is 0 Å². The minimum Gasteiger partial charge on any atom is -0.343 e. The molecule has 1 heterocycles. The third-order valence-electron chi connectivity index (χ3n) is 2.59. The van der Waals surface area contributed by atoms with Crippen LogP contribution in [0.5, 0.6) is 0 Å². The van der Waals surface area contributed by atoms with E-state index in [1.54, 1.807) is 4.90 Å². The number of carbonyl (C=O) groups excluding carboxylic acids is 1. The molecule has 0 aliphatic carbocycles. The molecule has 6 heteroatoms. The van der Waals surface area contributed by atoms with Gasteiger partial charge in [-0.05, 0) is 19.3 Å². The van der Waals surface area contributed by atoms with Gasteiger partial charge in [0.2, 0.25) is 15.9 Å². The average molecular weight is 248 g/mol. The summed E-state index contributed by atoms with van der Waals surface area (Å²) in [6, 6.07) is 0. The number of rotatable bonds is 6. The minimum atomic E-state index is -3.17. The quantitative estimate of drug-likeness (QED) is 0.736. The molecule has 94 valence electrons. The van der Waals surface area contributed by atoms with Crippen molar-refractivity contribution in [2.45, 2.75) is 32.6 Å². The van der Waals surface area contributed by atoms with Gasteiger partial charge in [0.1, 0.15) is 0 Å². The summed E-state index contributed by atoms with van der Waals surface area (Å²) in [5, 5.41) is 0. The summed E-state index contributed by atoms with van der Waals surface area (Å²) in [7, 11) is -3.17. The predicted molar refractivity (Wildman–Crippen MR) is 62.5 cm³/mol. The summed E-state index contributed by atoms with van der Waals surface area (Å²) >= 11 is 0. The van der Waals surface area contributed by atoms with E-state index < -0.39 is 10.0 Å². The lowest BCUT2D eigenvalue weighted by molar-refractivity contribution is -0.129. The van der Waals surface area contributed by atoms with E-state index in [0.29, 0.717) is 6.42 Å². The van der Waals surface area contributed by atoms with Crippen molar-refractivity contribution in [2.24, 2.45) is 0 Å². The fraction of sp³-hybridized carbons (Fsp3) is 0.900. The van der Waals surface area contributed by atoms with Crippen molar-refractivity contribution in [1.82, 2.24) is 9.62 Å². The highest BCUT2D eigenvalue weighted by Crippen LogP contribution is 2.08. The molecule has 1 saturated heterocycles. The standard InChI is InChI=1S/C10H20N2O3S/c1-2-9-16(14,15)11-6-5-10(13)12-7-3-4-8-12/h11H,2-9H2,1H3. The van der Waals surface area contributed by atoms with Crippen LogP contribution in [-0.4, -0.2) is 44.6 Å². The molecule has 1 aliphatic heterocycles. The number of nitrogens with one attached hydrogen (secondary N) is 1. The van der Waals surface area contributed by atoms with Gasteiger partial charge >= 0.3 is 0 Å².